The second-order valence-corrected chi connectivity index (χ2v) is 5.66. The standard InChI is InChI=1S/C19H17N3O3/c1-12-6-5-7-14(10-12)20-18(23)15-8-3-4-9-16(15)21-19(24)17-11-13(2)22-25-17/h3-11H,1-2H3,(H,20,23)(H,21,24). The minimum Gasteiger partial charge on any atom is -0.351 e. The number of carbonyl (C=O) groups is 2. The van der Waals surface area contributed by atoms with Crippen LogP contribution in [0, 0.1) is 13.8 Å². The number of nitrogens with one attached hydrogen (secondary N) is 2. The highest BCUT2D eigenvalue weighted by Gasteiger charge is 2.16. The Balaban J connectivity index is 1.80. The molecule has 25 heavy (non-hydrogen) atoms. The van der Waals surface area contributed by atoms with Gasteiger partial charge in [0.15, 0.2) is 0 Å². The van der Waals surface area contributed by atoms with E-state index in [9.17, 15) is 9.59 Å². The van der Waals surface area contributed by atoms with E-state index < -0.39 is 5.91 Å². The monoisotopic (exact) mass is 335 g/mol. The van der Waals surface area contributed by atoms with Crippen molar-refractivity contribution in [3.05, 3.63) is 77.2 Å². The van der Waals surface area contributed by atoms with Crippen LogP contribution < -0.4 is 10.6 Å². The fourth-order valence-electron chi connectivity index (χ4n) is 2.37. The van der Waals surface area contributed by atoms with E-state index in [0.717, 1.165) is 5.56 Å². The van der Waals surface area contributed by atoms with Crippen molar-refractivity contribution in [2.75, 3.05) is 10.6 Å². The summed E-state index contributed by atoms with van der Waals surface area (Å²) in [4.78, 5) is 24.8. The van der Waals surface area contributed by atoms with Crippen molar-refractivity contribution < 1.29 is 14.1 Å². The highest BCUT2D eigenvalue weighted by molar-refractivity contribution is 6.11. The van der Waals surface area contributed by atoms with E-state index in [2.05, 4.69) is 15.8 Å². The molecular formula is C19H17N3O3. The summed E-state index contributed by atoms with van der Waals surface area (Å²) in [6.45, 7) is 3.67. The minimum absolute atomic E-state index is 0.0893. The number of aryl methyl sites for hydroxylation is 2. The Kier molecular flexibility index (Phi) is 4.61. The first-order valence-electron chi connectivity index (χ1n) is 7.74. The molecule has 6 heteroatoms. The normalized spacial score (nSPS) is 10.3. The Morgan fingerprint density at radius 2 is 1.72 bits per heavy atom. The van der Waals surface area contributed by atoms with Gasteiger partial charge in [0.05, 0.1) is 16.9 Å². The van der Waals surface area contributed by atoms with Crippen molar-refractivity contribution in [3.63, 3.8) is 0 Å². The number of hydrogen-bond donors (Lipinski definition) is 2. The first-order chi connectivity index (χ1) is 12.0. The van der Waals surface area contributed by atoms with Crippen LogP contribution in [0.4, 0.5) is 11.4 Å². The molecule has 1 heterocycles. The van der Waals surface area contributed by atoms with E-state index in [1.54, 1.807) is 31.2 Å². The lowest BCUT2D eigenvalue weighted by Gasteiger charge is -2.11. The quantitative estimate of drug-likeness (QED) is 0.759. The molecule has 3 rings (SSSR count). The first kappa shape index (κ1) is 16.4. The third-order valence-corrected chi connectivity index (χ3v) is 3.55. The Labute approximate surface area is 144 Å². The third-order valence-electron chi connectivity index (χ3n) is 3.55. The molecule has 2 N–H and O–H groups in total. The molecule has 2 amide bonds. The summed E-state index contributed by atoms with van der Waals surface area (Å²) < 4.78 is 4.94. The Morgan fingerprint density at radius 1 is 0.920 bits per heavy atom. The fraction of sp³-hybridized carbons (Fsp3) is 0.105. The Hall–Kier alpha value is -3.41. The first-order valence-corrected chi connectivity index (χ1v) is 7.74. The van der Waals surface area contributed by atoms with E-state index in [4.69, 9.17) is 4.52 Å². The zero-order valence-electron chi connectivity index (χ0n) is 13.9. The molecule has 0 atom stereocenters. The van der Waals surface area contributed by atoms with E-state index in [0.29, 0.717) is 22.6 Å². The summed E-state index contributed by atoms with van der Waals surface area (Å²) in [5, 5.41) is 9.20. The van der Waals surface area contributed by atoms with Gasteiger partial charge in [-0.3, -0.25) is 9.59 Å². The van der Waals surface area contributed by atoms with Gasteiger partial charge in [0, 0.05) is 11.8 Å². The predicted molar refractivity (Wildman–Crippen MR) is 94.8 cm³/mol. The van der Waals surface area contributed by atoms with Crippen LogP contribution in [0.25, 0.3) is 0 Å². The van der Waals surface area contributed by atoms with Crippen molar-refractivity contribution in [1.82, 2.24) is 5.16 Å². The Bertz CT molecular complexity index is 931. The summed E-state index contributed by atoms with van der Waals surface area (Å²) >= 11 is 0. The van der Waals surface area contributed by atoms with Crippen LogP contribution in [-0.4, -0.2) is 17.0 Å². The maximum Gasteiger partial charge on any atom is 0.294 e. The lowest BCUT2D eigenvalue weighted by molar-refractivity contribution is 0.0988. The Morgan fingerprint density at radius 3 is 2.44 bits per heavy atom. The van der Waals surface area contributed by atoms with Gasteiger partial charge in [0.1, 0.15) is 0 Å². The zero-order chi connectivity index (χ0) is 17.8. The number of carbonyl (C=O) groups excluding carboxylic acids is 2. The van der Waals surface area contributed by atoms with Gasteiger partial charge in [-0.15, -0.1) is 0 Å². The number of anilines is 2. The van der Waals surface area contributed by atoms with Crippen LogP contribution in [0.15, 0.2) is 59.1 Å². The van der Waals surface area contributed by atoms with Gasteiger partial charge < -0.3 is 15.2 Å². The second-order valence-electron chi connectivity index (χ2n) is 5.66. The summed E-state index contributed by atoms with van der Waals surface area (Å²) in [5.74, 6) is -0.682. The number of amides is 2. The molecule has 0 saturated heterocycles. The minimum atomic E-state index is -0.462. The lowest BCUT2D eigenvalue weighted by Crippen LogP contribution is -2.18. The van der Waals surface area contributed by atoms with Gasteiger partial charge in [-0.2, -0.15) is 0 Å². The molecule has 0 spiro atoms. The van der Waals surface area contributed by atoms with Gasteiger partial charge >= 0.3 is 0 Å². The summed E-state index contributed by atoms with van der Waals surface area (Å²) in [7, 11) is 0. The SMILES string of the molecule is Cc1cccc(NC(=O)c2ccccc2NC(=O)c2cc(C)no2)c1. The van der Waals surface area contributed by atoms with Gasteiger partial charge in [0.25, 0.3) is 11.8 Å². The van der Waals surface area contributed by atoms with Crippen LogP contribution >= 0.6 is 0 Å². The van der Waals surface area contributed by atoms with Crippen LogP contribution in [0.2, 0.25) is 0 Å². The summed E-state index contributed by atoms with van der Waals surface area (Å²) in [6.07, 6.45) is 0. The highest BCUT2D eigenvalue weighted by atomic mass is 16.5. The number of aromatic nitrogens is 1. The van der Waals surface area contributed by atoms with Crippen LogP contribution in [-0.2, 0) is 0 Å². The topological polar surface area (TPSA) is 84.2 Å². The van der Waals surface area contributed by atoms with E-state index in [-0.39, 0.29) is 11.7 Å². The van der Waals surface area contributed by atoms with Crippen LogP contribution in [0.5, 0.6) is 0 Å². The molecule has 0 saturated carbocycles. The highest BCUT2D eigenvalue weighted by Crippen LogP contribution is 2.19. The molecule has 0 aliphatic rings. The number of benzene rings is 2. The summed E-state index contributed by atoms with van der Waals surface area (Å²) in [5.41, 5.74) is 3.09. The molecule has 126 valence electrons. The third kappa shape index (κ3) is 3.92. The van der Waals surface area contributed by atoms with E-state index >= 15 is 0 Å². The van der Waals surface area contributed by atoms with Crippen molar-refractivity contribution in [3.8, 4) is 0 Å². The molecule has 0 aliphatic heterocycles. The molecule has 0 bridgehead atoms. The maximum absolute atomic E-state index is 12.6. The van der Waals surface area contributed by atoms with E-state index in [1.165, 1.54) is 6.07 Å². The molecule has 0 fully saturated rings. The maximum atomic E-state index is 12.6. The van der Waals surface area contributed by atoms with Gasteiger partial charge in [-0.05, 0) is 43.7 Å². The molecule has 3 aromatic rings. The molecule has 0 unspecified atom stereocenters. The number of hydrogen-bond acceptors (Lipinski definition) is 4. The van der Waals surface area contributed by atoms with Crippen molar-refractivity contribution in [1.29, 1.82) is 0 Å². The zero-order valence-corrected chi connectivity index (χ0v) is 13.9. The number of para-hydroxylation sites is 1. The molecule has 0 radical (unpaired) electrons. The molecular weight excluding hydrogens is 318 g/mol. The molecule has 6 nitrogen and oxygen atoms in total. The van der Waals surface area contributed by atoms with Crippen LogP contribution in [0.1, 0.15) is 32.2 Å². The van der Waals surface area contributed by atoms with Gasteiger partial charge in [-0.1, -0.05) is 29.4 Å². The van der Waals surface area contributed by atoms with Crippen molar-refractivity contribution >= 4 is 23.2 Å². The average Bonchev–Trinajstić information content (AvgIpc) is 3.02. The molecule has 0 aliphatic carbocycles. The summed E-state index contributed by atoms with van der Waals surface area (Å²) in [6, 6.07) is 15.8. The molecule has 2 aromatic carbocycles. The fourth-order valence-corrected chi connectivity index (χ4v) is 2.37. The lowest BCUT2D eigenvalue weighted by atomic mass is 10.1. The molecule has 1 aromatic heterocycles. The second kappa shape index (κ2) is 7.00. The average molecular weight is 335 g/mol. The number of nitrogens with zero attached hydrogens (tertiary/aromatic N) is 1. The van der Waals surface area contributed by atoms with Crippen LogP contribution in [0.3, 0.4) is 0 Å². The predicted octanol–water partition coefficient (Wildman–Crippen LogP) is 3.80. The smallest absolute Gasteiger partial charge is 0.294 e. The van der Waals surface area contributed by atoms with Crippen molar-refractivity contribution in [2.45, 2.75) is 13.8 Å². The van der Waals surface area contributed by atoms with Crippen molar-refractivity contribution in [2.24, 2.45) is 0 Å². The van der Waals surface area contributed by atoms with E-state index in [1.807, 2.05) is 31.2 Å². The van der Waals surface area contributed by atoms with Gasteiger partial charge in [0.2, 0.25) is 5.76 Å². The number of rotatable bonds is 4. The van der Waals surface area contributed by atoms with Gasteiger partial charge in [-0.25, -0.2) is 0 Å². The largest absolute Gasteiger partial charge is 0.351 e.